The standard InChI is InChI=1S/C49H34N2/c1-5-17-35(18-6-1)49(36-29-32-48-44(33-36)42-26-14-16-28-47(42)51(48)39-23-11-4-12-24-39)45-27-15-13-25-41(45)43-34-40(30-31-46(43)49)50(37-19-7-2-8-20-37)38-21-9-3-10-22-38/h1-34H/i1D,5D,6D,17D,18D. The maximum Gasteiger partial charge on any atom is 0.0713 e. The lowest BCUT2D eigenvalue weighted by atomic mass is 9.67. The highest BCUT2D eigenvalue weighted by Crippen LogP contribution is 2.57. The van der Waals surface area contributed by atoms with Crippen molar-refractivity contribution in [2.24, 2.45) is 0 Å². The van der Waals surface area contributed by atoms with Crippen molar-refractivity contribution in [2.75, 3.05) is 4.90 Å². The van der Waals surface area contributed by atoms with E-state index in [2.05, 4.69) is 107 Å². The minimum atomic E-state index is -1.26. The summed E-state index contributed by atoms with van der Waals surface area (Å²) in [6.45, 7) is 0. The van der Waals surface area contributed by atoms with Gasteiger partial charge in [0.15, 0.2) is 0 Å². The van der Waals surface area contributed by atoms with Crippen LogP contribution in [0.2, 0.25) is 0 Å². The fraction of sp³-hybridized carbons (Fsp3) is 0.0204. The number of fused-ring (bicyclic) bond motifs is 6. The van der Waals surface area contributed by atoms with Crippen LogP contribution in [0.5, 0.6) is 0 Å². The summed E-state index contributed by atoms with van der Waals surface area (Å²) in [7, 11) is 0. The number of rotatable bonds is 6. The van der Waals surface area contributed by atoms with E-state index in [0.29, 0.717) is 0 Å². The molecule has 240 valence electrons. The lowest BCUT2D eigenvalue weighted by molar-refractivity contribution is 0.770. The third-order valence-corrected chi connectivity index (χ3v) is 10.3. The summed E-state index contributed by atoms with van der Waals surface area (Å²) in [6, 6.07) is 58.5. The minimum absolute atomic E-state index is 0.218. The van der Waals surface area contributed by atoms with E-state index in [1.165, 1.54) is 0 Å². The van der Waals surface area contributed by atoms with Gasteiger partial charge in [-0.05, 0) is 100 Å². The van der Waals surface area contributed by atoms with Crippen molar-refractivity contribution in [2.45, 2.75) is 5.41 Å². The Bertz CT molecular complexity index is 2910. The van der Waals surface area contributed by atoms with Gasteiger partial charge in [0.1, 0.15) is 0 Å². The van der Waals surface area contributed by atoms with Crippen molar-refractivity contribution in [1.82, 2.24) is 4.57 Å². The molecule has 2 heteroatoms. The molecule has 1 unspecified atom stereocenters. The minimum Gasteiger partial charge on any atom is -0.310 e. The van der Waals surface area contributed by atoms with Gasteiger partial charge in [0, 0.05) is 33.5 Å². The number of nitrogens with zero attached hydrogens (tertiary/aromatic N) is 2. The van der Waals surface area contributed by atoms with Crippen molar-refractivity contribution >= 4 is 38.9 Å². The van der Waals surface area contributed by atoms with Gasteiger partial charge in [0.05, 0.1) is 23.3 Å². The Kier molecular flexibility index (Phi) is 5.64. The summed E-state index contributed by atoms with van der Waals surface area (Å²) < 4.78 is 47.7. The Labute approximate surface area is 305 Å². The molecule has 1 heterocycles. The monoisotopic (exact) mass is 655 g/mol. The molecule has 0 N–H and O–H groups in total. The zero-order valence-corrected chi connectivity index (χ0v) is 27.6. The van der Waals surface area contributed by atoms with Gasteiger partial charge in [0.25, 0.3) is 0 Å². The molecular formula is C49H34N2. The zero-order chi connectivity index (χ0) is 38.1. The molecule has 51 heavy (non-hydrogen) atoms. The van der Waals surface area contributed by atoms with Crippen LogP contribution >= 0.6 is 0 Å². The van der Waals surface area contributed by atoms with E-state index in [1.54, 1.807) is 0 Å². The molecule has 0 saturated heterocycles. The van der Waals surface area contributed by atoms with Crippen LogP contribution in [-0.4, -0.2) is 4.57 Å². The third kappa shape index (κ3) is 4.43. The number of hydrogen-bond acceptors (Lipinski definition) is 1. The lowest BCUT2D eigenvalue weighted by Crippen LogP contribution is -2.28. The van der Waals surface area contributed by atoms with Gasteiger partial charge < -0.3 is 9.47 Å². The summed E-state index contributed by atoms with van der Waals surface area (Å²) in [5.41, 5.74) is 9.45. The topological polar surface area (TPSA) is 8.17 Å². The van der Waals surface area contributed by atoms with Gasteiger partial charge in [-0.15, -0.1) is 0 Å². The summed E-state index contributed by atoms with van der Waals surface area (Å²) >= 11 is 0. The van der Waals surface area contributed by atoms with Crippen molar-refractivity contribution in [1.29, 1.82) is 0 Å². The maximum atomic E-state index is 9.52. The Morgan fingerprint density at radius 3 is 1.78 bits per heavy atom. The van der Waals surface area contributed by atoms with Crippen molar-refractivity contribution < 1.29 is 6.85 Å². The van der Waals surface area contributed by atoms with Gasteiger partial charge >= 0.3 is 0 Å². The number of para-hydroxylation sites is 4. The average Bonchev–Trinajstić information content (AvgIpc) is 3.74. The highest BCUT2D eigenvalue weighted by atomic mass is 15.1. The Morgan fingerprint density at radius 2 is 1.04 bits per heavy atom. The lowest BCUT2D eigenvalue weighted by Gasteiger charge is -2.34. The second-order valence-corrected chi connectivity index (χ2v) is 13.0. The highest BCUT2D eigenvalue weighted by molar-refractivity contribution is 6.10. The molecule has 8 aromatic carbocycles. The molecule has 2 nitrogen and oxygen atoms in total. The second kappa shape index (κ2) is 11.8. The van der Waals surface area contributed by atoms with Gasteiger partial charge in [0.2, 0.25) is 0 Å². The first-order valence-electron chi connectivity index (χ1n) is 19.7. The second-order valence-electron chi connectivity index (χ2n) is 13.0. The molecule has 0 aliphatic heterocycles. The van der Waals surface area contributed by atoms with Crippen molar-refractivity contribution in [3.05, 3.63) is 228 Å². The quantitative estimate of drug-likeness (QED) is 0.173. The molecule has 1 aliphatic carbocycles. The molecule has 0 spiro atoms. The number of aromatic nitrogens is 1. The molecule has 0 bridgehead atoms. The maximum absolute atomic E-state index is 9.52. The predicted octanol–water partition coefficient (Wildman–Crippen LogP) is 12.6. The van der Waals surface area contributed by atoms with Gasteiger partial charge in [-0.25, -0.2) is 0 Å². The normalized spacial score (nSPS) is 16.1. The predicted molar refractivity (Wildman–Crippen MR) is 213 cm³/mol. The largest absolute Gasteiger partial charge is 0.310 e. The van der Waals surface area contributed by atoms with Crippen LogP contribution in [0.3, 0.4) is 0 Å². The van der Waals surface area contributed by atoms with E-state index in [0.717, 1.165) is 72.4 Å². The van der Waals surface area contributed by atoms with E-state index < -0.39 is 11.5 Å². The molecule has 0 fully saturated rings. The smallest absolute Gasteiger partial charge is 0.0713 e. The van der Waals surface area contributed by atoms with E-state index >= 15 is 0 Å². The summed E-state index contributed by atoms with van der Waals surface area (Å²) in [5.74, 6) is 0. The molecule has 0 saturated carbocycles. The molecule has 0 amide bonds. The fourth-order valence-electron chi connectivity index (χ4n) is 8.24. The van der Waals surface area contributed by atoms with Crippen molar-refractivity contribution in [3.8, 4) is 16.8 Å². The number of benzene rings is 8. The SMILES string of the molecule is [2H]c1c([2H])c([2H])c(C2(c3ccc4c(c3)c3ccccc3n4-c3ccccc3)c3ccccc3-c3cc(N(c4ccccc4)c4ccccc4)ccc32)c([2H])c1[2H]. The van der Waals surface area contributed by atoms with Crippen LogP contribution in [0.25, 0.3) is 38.6 Å². The van der Waals surface area contributed by atoms with E-state index in [-0.39, 0.29) is 29.7 Å². The van der Waals surface area contributed by atoms with Crippen LogP contribution in [0.1, 0.15) is 29.1 Å². The Hall–Kier alpha value is -6.64. The fourth-order valence-corrected chi connectivity index (χ4v) is 8.24. The van der Waals surface area contributed by atoms with Crippen LogP contribution in [0.4, 0.5) is 17.1 Å². The first kappa shape index (κ1) is 24.5. The molecule has 10 rings (SSSR count). The Balaban J connectivity index is 1.32. The van der Waals surface area contributed by atoms with Crippen LogP contribution in [0.15, 0.2) is 206 Å². The summed E-state index contributed by atoms with van der Waals surface area (Å²) in [6.07, 6.45) is 0. The van der Waals surface area contributed by atoms with Crippen LogP contribution in [-0.2, 0) is 5.41 Å². The zero-order valence-electron chi connectivity index (χ0n) is 32.6. The van der Waals surface area contributed by atoms with Gasteiger partial charge in [-0.2, -0.15) is 0 Å². The van der Waals surface area contributed by atoms with E-state index in [1.807, 2.05) is 78.9 Å². The molecule has 9 aromatic rings. The van der Waals surface area contributed by atoms with Crippen LogP contribution < -0.4 is 4.90 Å². The van der Waals surface area contributed by atoms with Gasteiger partial charge in [-0.1, -0.05) is 139 Å². The summed E-state index contributed by atoms with van der Waals surface area (Å²) in [4.78, 5) is 2.22. The number of hydrogen-bond donors (Lipinski definition) is 0. The summed E-state index contributed by atoms with van der Waals surface area (Å²) in [5, 5.41) is 2.07. The van der Waals surface area contributed by atoms with Gasteiger partial charge in [-0.3, -0.25) is 0 Å². The third-order valence-electron chi connectivity index (χ3n) is 10.3. The van der Waals surface area contributed by atoms with E-state index in [4.69, 9.17) is 4.11 Å². The van der Waals surface area contributed by atoms with Crippen LogP contribution in [0, 0.1) is 0 Å². The molecular weight excluding hydrogens is 617 g/mol. The van der Waals surface area contributed by atoms with Crippen molar-refractivity contribution in [3.63, 3.8) is 0 Å². The first-order valence-corrected chi connectivity index (χ1v) is 17.2. The molecule has 0 radical (unpaired) electrons. The molecule has 1 aromatic heterocycles. The Morgan fingerprint density at radius 1 is 0.431 bits per heavy atom. The molecule has 1 aliphatic rings. The molecule has 1 atom stereocenters. The first-order chi connectivity index (χ1) is 27.4. The number of anilines is 3. The highest BCUT2D eigenvalue weighted by Gasteiger charge is 2.46. The average molecular weight is 656 g/mol. The van der Waals surface area contributed by atoms with E-state index in [9.17, 15) is 2.74 Å².